The van der Waals surface area contributed by atoms with Crippen molar-refractivity contribution in [3.05, 3.63) is 146 Å². The van der Waals surface area contributed by atoms with E-state index in [0.717, 1.165) is 122 Å². The van der Waals surface area contributed by atoms with Crippen LogP contribution in [0.1, 0.15) is 219 Å². The van der Waals surface area contributed by atoms with Gasteiger partial charge in [0.25, 0.3) is 0 Å². The lowest BCUT2D eigenvalue weighted by atomic mass is 10.1. The zero-order valence-electron chi connectivity index (χ0n) is 50.1. The van der Waals surface area contributed by atoms with Gasteiger partial charge in [0.2, 0.25) is 0 Å². The van der Waals surface area contributed by atoms with Crippen LogP contribution < -0.4 is 0 Å². The third-order valence-electron chi connectivity index (χ3n) is 12.4. The van der Waals surface area contributed by atoms with Crippen molar-refractivity contribution in [2.45, 2.75) is 225 Å². The SMILES string of the molecule is CC/C=C\C/C=C\C/C=C\C/C=C\C/C=C\C/C=C\C/C=C\C/C=C\C/C=C\C/C=C\C/C=C\CCCCCC(=O)OC(COC(=O)CCCCCCCCC/C=C\CCCCCCCC)COP(=O)(O)OCC[N+](C)(C)C. The van der Waals surface area contributed by atoms with Crippen LogP contribution in [0.15, 0.2) is 146 Å². The summed E-state index contributed by atoms with van der Waals surface area (Å²) in [5, 5.41) is 0. The molecular weight excluding hydrogens is 990 g/mol. The summed E-state index contributed by atoms with van der Waals surface area (Å²) in [4.78, 5) is 35.7. The van der Waals surface area contributed by atoms with Gasteiger partial charge in [-0.05, 0) is 122 Å². The van der Waals surface area contributed by atoms with Gasteiger partial charge in [-0.1, -0.05) is 230 Å². The number of esters is 2. The van der Waals surface area contributed by atoms with Crippen LogP contribution in [0.4, 0.5) is 0 Å². The molecule has 2 unspecified atom stereocenters. The van der Waals surface area contributed by atoms with Crippen LogP contribution in [0.25, 0.3) is 0 Å². The molecule has 0 aliphatic heterocycles. The van der Waals surface area contributed by atoms with Crippen LogP contribution in [-0.4, -0.2) is 74.9 Å². The molecule has 78 heavy (non-hydrogen) atoms. The summed E-state index contributed by atoms with van der Waals surface area (Å²) >= 11 is 0. The monoisotopic (exact) mass is 1100 g/mol. The Kier molecular flexibility index (Phi) is 54.5. The largest absolute Gasteiger partial charge is 0.472 e. The minimum absolute atomic E-state index is 0.0166. The number of phosphoric acid groups is 1. The minimum atomic E-state index is -4.41. The van der Waals surface area contributed by atoms with Crippen molar-refractivity contribution in [2.75, 3.05) is 47.5 Å². The first-order valence-electron chi connectivity index (χ1n) is 30.6. The van der Waals surface area contributed by atoms with E-state index in [0.29, 0.717) is 17.4 Å². The normalized spacial score (nSPS) is 14.3. The van der Waals surface area contributed by atoms with Gasteiger partial charge in [-0.3, -0.25) is 18.6 Å². The van der Waals surface area contributed by atoms with E-state index in [1.165, 1.54) is 64.2 Å². The number of ether oxygens (including phenoxy) is 2. The van der Waals surface area contributed by atoms with Gasteiger partial charge in [-0.2, -0.15) is 0 Å². The molecule has 0 amide bonds. The molecule has 0 heterocycles. The van der Waals surface area contributed by atoms with Crippen molar-refractivity contribution < 1.29 is 42.1 Å². The molecule has 0 radical (unpaired) electrons. The summed E-state index contributed by atoms with van der Waals surface area (Å²) in [6.45, 7) is 4.25. The van der Waals surface area contributed by atoms with Gasteiger partial charge in [0.15, 0.2) is 6.10 Å². The lowest BCUT2D eigenvalue weighted by Gasteiger charge is -2.24. The smallest absolute Gasteiger partial charge is 0.462 e. The number of likely N-dealkylation sites (N-methyl/N-ethyl adjacent to an activating group) is 1. The highest BCUT2D eigenvalue weighted by molar-refractivity contribution is 7.47. The van der Waals surface area contributed by atoms with Crippen molar-refractivity contribution >= 4 is 19.8 Å². The van der Waals surface area contributed by atoms with Crippen molar-refractivity contribution in [3.63, 3.8) is 0 Å². The van der Waals surface area contributed by atoms with Crippen LogP contribution in [0.5, 0.6) is 0 Å². The number of nitrogens with zero attached hydrogens (tertiary/aromatic N) is 1. The number of carbonyl (C=O) groups is 2. The van der Waals surface area contributed by atoms with Crippen molar-refractivity contribution in [1.29, 1.82) is 0 Å². The number of carbonyl (C=O) groups excluding carboxylic acids is 2. The van der Waals surface area contributed by atoms with E-state index in [9.17, 15) is 19.0 Å². The maximum atomic E-state index is 12.8. The van der Waals surface area contributed by atoms with E-state index in [2.05, 4.69) is 160 Å². The van der Waals surface area contributed by atoms with Gasteiger partial charge in [0, 0.05) is 12.8 Å². The summed E-state index contributed by atoms with van der Waals surface area (Å²) < 4.78 is 34.5. The molecule has 0 aliphatic rings. The van der Waals surface area contributed by atoms with Gasteiger partial charge in [-0.15, -0.1) is 0 Å². The zero-order valence-corrected chi connectivity index (χ0v) is 51.0. The maximum absolute atomic E-state index is 12.8. The van der Waals surface area contributed by atoms with Gasteiger partial charge < -0.3 is 18.9 Å². The summed E-state index contributed by atoms with van der Waals surface area (Å²) in [5.74, 6) is -0.850. The highest BCUT2D eigenvalue weighted by atomic mass is 31.2. The molecule has 0 fully saturated rings. The average Bonchev–Trinajstić information content (AvgIpc) is 3.41. The average molecular weight is 1100 g/mol. The molecule has 2 atom stereocenters. The second kappa shape index (κ2) is 57.6. The molecule has 0 aromatic heterocycles. The molecule has 0 rings (SSSR count). The Morgan fingerprint density at radius 2 is 0.731 bits per heavy atom. The van der Waals surface area contributed by atoms with Gasteiger partial charge in [-0.25, -0.2) is 4.57 Å². The predicted molar refractivity (Wildman–Crippen MR) is 334 cm³/mol. The highest BCUT2D eigenvalue weighted by Gasteiger charge is 2.27. The molecule has 0 spiro atoms. The Bertz CT molecular complexity index is 1820. The molecule has 0 aromatic carbocycles. The van der Waals surface area contributed by atoms with E-state index in [4.69, 9.17) is 18.5 Å². The Morgan fingerprint density at radius 3 is 1.12 bits per heavy atom. The first-order valence-corrected chi connectivity index (χ1v) is 32.1. The van der Waals surface area contributed by atoms with E-state index in [1.54, 1.807) is 0 Å². The van der Waals surface area contributed by atoms with E-state index < -0.39 is 26.5 Å². The van der Waals surface area contributed by atoms with Crippen LogP contribution >= 0.6 is 7.82 Å². The third-order valence-corrected chi connectivity index (χ3v) is 13.3. The molecule has 1 N–H and O–H groups in total. The number of unbranched alkanes of at least 4 members (excludes halogenated alkanes) is 16. The Morgan fingerprint density at radius 1 is 0.410 bits per heavy atom. The molecule has 0 saturated carbocycles. The van der Waals surface area contributed by atoms with E-state index >= 15 is 0 Å². The van der Waals surface area contributed by atoms with Gasteiger partial charge in [0.05, 0.1) is 27.7 Å². The molecule has 0 bridgehead atoms. The first-order chi connectivity index (χ1) is 38.0. The topological polar surface area (TPSA) is 108 Å². The van der Waals surface area contributed by atoms with Gasteiger partial charge in [0.1, 0.15) is 19.8 Å². The molecular formula is C68H113NO8P+. The van der Waals surface area contributed by atoms with Crippen molar-refractivity contribution in [3.8, 4) is 0 Å². The fourth-order valence-electron chi connectivity index (χ4n) is 7.66. The summed E-state index contributed by atoms with van der Waals surface area (Å²) in [5.41, 5.74) is 0. The molecule has 0 aliphatic carbocycles. The predicted octanol–water partition coefficient (Wildman–Crippen LogP) is 19.5. The van der Waals surface area contributed by atoms with E-state index in [-0.39, 0.29) is 32.0 Å². The Balaban J connectivity index is 4.25. The van der Waals surface area contributed by atoms with E-state index in [1.807, 2.05) is 21.1 Å². The Hall–Kier alpha value is -4.11. The fourth-order valence-corrected chi connectivity index (χ4v) is 8.40. The molecule has 9 nitrogen and oxygen atoms in total. The lowest BCUT2D eigenvalue weighted by molar-refractivity contribution is -0.870. The lowest BCUT2D eigenvalue weighted by Crippen LogP contribution is -2.37. The third kappa shape index (κ3) is 61.1. The minimum Gasteiger partial charge on any atom is -0.462 e. The van der Waals surface area contributed by atoms with Crippen molar-refractivity contribution in [2.24, 2.45) is 0 Å². The second-order valence-electron chi connectivity index (χ2n) is 21.0. The van der Waals surface area contributed by atoms with Crippen LogP contribution in [-0.2, 0) is 32.7 Å². The first kappa shape index (κ1) is 73.9. The molecule has 10 heteroatoms. The summed E-state index contributed by atoms with van der Waals surface area (Å²) in [6.07, 6.45) is 85.0. The summed E-state index contributed by atoms with van der Waals surface area (Å²) in [6, 6.07) is 0. The summed E-state index contributed by atoms with van der Waals surface area (Å²) in [7, 11) is 1.43. The second-order valence-corrected chi connectivity index (χ2v) is 22.5. The number of rotatable bonds is 54. The molecule has 0 aromatic rings. The zero-order chi connectivity index (χ0) is 57.0. The van der Waals surface area contributed by atoms with Crippen LogP contribution in [0.2, 0.25) is 0 Å². The van der Waals surface area contributed by atoms with Crippen LogP contribution in [0, 0.1) is 0 Å². The number of allylic oxidation sites excluding steroid dienone is 24. The number of phosphoric ester groups is 1. The maximum Gasteiger partial charge on any atom is 0.472 e. The standard InChI is InChI=1S/C68H112NO8P/c1-6-8-10-12-14-16-18-20-22-24-25-26-27-28-29-30-31-32-33-34-35-36-37-38-39-40-41-42-43-45-47-49-51-53-55-57-59-61-68(71)77-66(65-76-78(72,73)75-63-62-69(3,4)5)64-74-67(70)60-58-56-54-52-50-48-46-44-23-21-19-17-15-13-11-9-7-2/h8,10,14,16,20-23,25-26,28-29,31-32,34-35,37-38,40-41,43,45,49,51,66H,6-7,9,11-13,15,17-19,24,27,30,33,36,39,42,44,46-48,50,52-65H2,1-5H3/p+1/b10-8-,16-14-,22-20-,23-21-,26-25-,29-28-,32-31-,35-34-,38-37-,41-40-,45-43-,51-49-. The number of hydrogen-bond acceptors (Lipinski definition) is 7. The van der Waals surface area contributed by atoms with Crippen molar-refractivity contribution in [1.82, 2.24) is 0 Å². The fraction of sp³-hybridized carbons (Fsp3) is 0.618. The quantitative estimate of drug-likeness (QED) is 0.0211. The number of quaternary nitrogens is 1. The highest BCUT2D eigenvalue weighted by Crippen LogP contribution is 2.43. The van der Waals surface area contributed by atoms with Gasteiger partial charge >= 0.3 is 19.8 Å². The Labute approximate surface area is 478 Å². The molecule has 0 saturated heterocycles. The van der Waals surface area contributed by atoms with Crippen LogP contribution in [0.3, 0.4) is 0 Å². The number of hydrogen-bond donors (Lipinski definition) is 1. The molecule has 442 valence electrons.